The van der Waals surface area contributed by atoms with Crippen LogP contribution in [0, 0.1) is 12.7 Å². The SMILES string of the molecule is Cc1ccc(-n2cc(N)c(-c3cncc(F)c3)n2)cc1Cl. The van der Waals surface area contributed by atoms with Gasteiger partial charge < -0.3 is 5.73 Å². The first-order chi connectivity index (χ1) is 10.0. The number of benzene rings is 1. The number of nitrogens with zero attached hydrogens (tertiary/aromatic N) is 3. The van der Waals surface area contributed by atoms with Crippen LogP contribution in [0.5, 0.6) is 0 Å². The summed E-state index contributed by atoms with van der Waals surface area (Å²) in [6.07, 6.45) is 4.33. The molecule has 0 fully saturated rings. The Kier molecular flexibility index (Phi) is 3.35. The summed E-state index contributed by atoms with van der Waals surface area (Å²) in [4.78, 5) is 3.81. The zero-order valence-electron chi connectivity index (χ0n) is 11.2. The molecular formula is C15H12ClFN4. The van der Waals surface area contributed by atoms with E-state index < -0.39 is 5.82 Å². The van der Waals surface area contributed by atoms with Gasteiger partial charge in [0.1, 0.15) is 11.5 Å². The lowest BCUT2D eigenvalue weighted by Crippen LogP contribution is -1.95. The van der Waals surface area contributed by atoms with Crippen molar-refractivity contribution in [2.75, 3.05) is 5.73 Å². The maximum atomic E-state index is 13.3. The molecular weight excluding hydrogens is 291 g/mol. The third kappa shape index (κ3) is 2.60. The van der Waals surface area contributed by atoms with Gasteiger partial charge in [-0.3, -0.25) is 4.98 Å². The lowest BCUT2D eigenvalue weighted by Gasteiger charge is -2.03. The number of halogens is 2. The van der Waals surface area contributed by atoms with Crippen LogP contribution in [0.4, 0.5) is 10.1 Å². The number of pyridine rings is 1. The van der Waals surface area contributed by atoms with Gasteiger partial charge in [0.25, 0.3) is 0 Å². The second kappa shape index (κ2) is 5.18. The van der Waals surface area contributed by atoms with Crippen LogP contribution < -0.4 is 5.73 Å². The van der Waals surface area contributed by atoms with Gasteiger partial charge in [0.2, 0.25) is 0 Å². The van der Waals surface area contributed by atoms with Crippen LogP contribution in [-0.4, -0.2) is 14.8 Å². The first-order valence-electron chi connectivity index (χ1n) is 6.27. The van der Waals surface area contributed by atoms with Gasteiger partial charge in [-0.05, 0) is 30.7 Å². The minimum Gasteiger partial charge on any atom is -0.396 e. The topological polar surface area (TPSA) is 56.7 Å². The smallest absolute Gasteiger partial charge is 0.142 e. The monoisotopic (exact) mass is 302 g/mol. The normalized spacial score (nSPS) is 10.8. The van der Waals surface area contributed by atoms with Gasteiger partial charge in [-0.2, -0.15) is 5.10 Å². The van der Waals surface area contributed by atoms with Crippen LogP contribution in [-0.2, 0) is 0 Å². The van der Waals surface area contributed by atoms with Gasteiger partial charge in [-0.15, -0.1) is 0 Å². The van der Waals surface area contributed by atoms with Crippen molar-refractivity contribution in [2.45, 2.75) is 6.92 Å². The molecule has 1 aromatic carbocycles. The molecule has 2 aromatic heterocycles. The van der Waals surface area contributed by atoms with E-state index in [0.29, 0.717) is 22.0 Å². The zero-order chi connectivity index (χ0) is 15.0. The Morgan fingerprint density at radius 2 is 2.05 bits per heavy atom. The summed E-state index contributed by atoms with van der Waals surface area (Å²) < 4.78 is 14.9. The molecule has 106 valence electrons. The number of hydrogen-bond donors (Lipinski definition) is 1. The van der Waals surface area contributed by atoms with Gasteiger partial charge in [0.05, 0.1) is 23.8 Å². The molecule has 0 saturated carbocycles. The number of nitrogen functional groups attached to an aromatic ring is 1. The fraction of sp³-hybridized carbons (Fsp3) is 0.0667. The molecule has 21 heavy (non-hydrogen) atoms. The first kappa shape index (κ1) is 13.6. The lowest BCUT2D eigenvalue weighted by molar-refractivity contribution is 0.622. The van der Waals surface area contributed by atoms with Gasteiger partial charge in [0, 0.05) is 16.8 Å². The standard InChI is InChI=1S/C15H12ClFN4/c1-9-2-3-12(5-13(9)16)21-8-14(18)15(20-21)10-4-11(17)7-19-6-10/h2-8H,18H2,1H3. The molecule has 4 nitrogen and oxygen atoms in total. The minimum atomic E-state index is -0.431. The Labute approximate surface area is 126 Å². The molecule has 0 amide bonds. The average molecular weight is 303 g/mol. The van der Waals surface area contributed by atoms with Gasteiger partial charge in [-0.1, -0.05) is 17.7 Å². The predicted molar refractivity (Wildman–Crippen MR) is 80.9 cm³/mol. The Bertz CT molecular complexity index is 813. The maximum Gasteiger partial charge on any atom is 0.142 e. The molecule has 0 spiro atoms. The van der Waals surface area contributed by atoms with E-state index in [4.69, 9.17) is 17.3 Å². The van der Waals surface area contributed by atoms with E-state index in [9.17, 15) is 4.39 Å². The summed E-state index contributed by atoms with van der Waals surface area (Å²) in [5.74, 6) is -0.431. The summed E-state index contributed by atoms with van der Waals surface area (Å²) in [5, 5.41) is 5.04. The molecule has 3 aromatic rings. The van der Waals surface area contributed by atoms with Crippen molar-refractivity contribution in [3.63, 3.8) is 0 Å². The third-order valence-electron chi connectivity index (χ3n) is 3.14. The summed E-state index contributed by atoms with van der Waals surface area (Å²) in [6.45, 7) is 1.92. The number of nitrogens with two attached hydrogens (primary N) is 1. The highest BCUT2D eigenvalue weighted by Gasteiger charge is 2.11. The fourth-order valence-electron chi connectivity index (χ4n) is 2.01. The molecule has 0 aliphatic heterocycles. The Morgan fingerprint density at radius 3 is 2.76 bits per heavy atom. The van der Waals surface area contributed by atoms with Crippen LogP contribution >= 0.6 is 11.6 Å². The molecule has 0 aliphatic rings. The van der Waals surface area contributed by atoms with E-state index in [0.717, 1.165) is 17.4 Å². The second-order valence-corrected chi connectivity index (χ2v) is 5.11. The minimum absolute atomic E-state index is 0.431. The molecule has 2 N–H and O–H groups in total. The Hall–Kier alpha value is -2.40. The van der Waals surface area contributed by atoms with Crippen molar-refractivity contribution in [2.24, 2.45) is 0 Å². The van der Waals surface area contributed by atoms with Crippen LogP contribution in [0.15, 0.2) is 42.9 Å². The van der Waals surface area contributed by atoms with Gasteiger partial charge >= 0.3 is 0 Å². The van der Waals surface area contributed by atoms with Crippen molar-refractivity contribution >= 4 is 17.3 Å². The molecule has 3 rings (SSSR count). The first-order valence-corrected chi connectivity index (χ1v) is 6.65. The van der Waals surface area contributed by atoms with Crippen molar-refractivity contribution in [3.05, 3.63) is 59.3 Å². The number of rotatable bonds is 2. The van der Waals surface area contributed by atoms with E-state index in [2.05, 4.69) is 10.1 Å². The highest BCUT2D eigenvalue weighted by molar-refractivity contribution is 6.31. The highest BCUT2D eigenvalue weighted by atomic mass is 35.5. The zero-order valence-corrected chi connectivity index (χ0v) is 12.0. The van der Waals surface area contributed by atoms with Crippen molar-refractivity contribution in [1.82, 2.24) is 14.8 Å². The number of anilines is 1. The lowest BCUT2D eigenvalue weighted by atomic mass is 10.2. The number of aryl methyl sites for hydroxylation is 1. The van der Waals surface area contributed by atoms with Crippen molar-refractivity contribution < 1.29 is 4.39 Å². The third-order valence-corrected chi connectivity index (χ3v) is 3.55. The van der Waals surface area contributed by atoms with E-state index in [1.54, 1.807) is 16.9 Å². The predicted octanol–water partition coefficient (Wildman–Crippen LogP) is 3.62. The summed E-state index contributed by atoms with van der Waals surface area (Å²) in [5.41, 5.74) is 9.19. The van der Waals surface area contributed by atoms with E-state index in [1.165, 1.54) is 12.3 Å². The van der Waals surface area contributed by atoms with Gasteiger partial charge in [-0.25, -0.2) is 9.07 Å². The number of hydrogen-bond acceptors (Lipinski definition) is 3. The molecule has 6 heteroatoms. The Morgan fingerprint density at radius 1 is 1.24 bits per heavy atom. The van der Waals surface area contributed by atoms with Crippen LogP contribution in [0.2, 0.25) is 5.02 Å². The van der Waals surface area contributed by atoms with E-state index in [-0.39, 0.29) is 0 Å². The second-order valence-electron chi connectivity index (χ2n) is 4.70. The molecule has 0 aliphatic carbocycles. The van der Waals surface area contributed by atoms with E-state index >= 15 is 0 Å². The molecule has 0 radical (unpaired) electrons. The van der Waals surface area contributed by atoms with Crippen molar-refractivity contribution in [1.29, 1.82) is 0 Å². The van der Waals surface area contributed by atoms with Gasteiger partial charge in [0.15, 0.2) is 0 Å². The molecule has 0 bridgehead atoms. The van der Waals surface area contributed by atoms with Crippen LogP contribution in [0.1, 0.15) is 5.56 Å². The summed E-state index contributed by atoms with van der Waals surface area (Å²) in [6, 6.07) is 6.94. The highest BCUT2D eigenvalue weighted by Crippen LogP contribution is 2.26. The maximum absolute atomic E-state index is 13.3. The molecule has 0 unspecified atom stereocenters. The quantitative estimate of drug-likeness (QED) is 0.786. The van der Waals surface area contributed by atoms with E-state index in [1.807, 2.05) is 19.1 Å². The fourth-order valence-corrected chi connectivity index (χ4v) is 2.18. The molecule has 2 heterocycles. The molecule has 0 saturated heterocycles. The Balaban J connectivity index is 2.07. The van der Waals surface area contributed by atoms with Crippen LogP contribution in [0.25, 0.3) is 16.9 Å². The summed E-state index contributed by atoms with van der Waals surface area (Å²) in [7, 11) is 0. The summed E-state index contributed by atoms with van der Waals surface area (Å²) >= 11 is 6.12. The molecule has 0 atom stereocenters. The van der Waals surface area contributed by atoms with Crippen molar-refractivity contribution in [3.8, 4) is 16.9 Å². The number of aromatic nitrogens is 3. The average Bonchev–Trinajstić information content (AvgIpc) is 2.84. The van der Waals surface area contributed by atoms with Crippen LogP contribution in [0.3, 0.4) is 0 Å². The largest absolute Gasteiger partial charge is 0.396 e.